The fourth-order valence-electron chi connectivity index (χ4n) is 1.06. The quantitative estimate of drug-likeness (QED) is 0.856. The monoisotopic (exact) mass is 230 g/mol. The lowest BCUT2D eigenvalue weighted by molar-refractivity contribution is -0.136. The zero-order chi connectivity index (χ0) is 12.3. The molecule has 0 aliphatic heterocycles. The number of carboxylic acid groups (broad SMARTS) is 1. The molecule has 0 bridgehead atoms. The summed E-state index contributed by atoms with van der Waals surface area (Å²) in [4.78, 5) is 13.6. The van der Waals surface area contributed by atoms with Crippen molar-refractivity contribution in [2.24, 2.45) is 0 Å². The van der Waals surface area contributed by atoms with Gasteiger partial charge in [-0.05, 0) is 6.07 Å². The van der Waals surface area contributed by atoms with Crippen molar-refractivity contribution in [2.75, 3.05) is 0 Å². The van der Waals surface area contributed by atoms with E-state index in [0.717, 1.165) is 0 Å². The number of pyridine rings is 1. The van der Waals surface area contributed by atoms with Gasteiger partial charge in [-0.3, -0.25) is 4.79 Å². The highest BCUT2D eigenvalue weighted by atomic mass is 19.3. The van der Waals surface area contributed by atoms with E-state index in [-0.39, 0.29) is 0 Å². The van der Waals surface area contributed by atoms with Crippen LogP contribution in [0.3, 0.4) is 0 Å². The minimum atomic E-state index is -3.03. The van der Waals surface area contributed by atoms with Crippen LogP contribution in [0.1, 0.15) is 23.4 Å². The second-order valence-electron chi connectivity index (χ2n) is 2.84. The summed E-state index contributed by atoms with van der Waals surface area (Å²) in [5, 5.41) is 16.9. The Morgan fingerprint density at radius 2 is 2.25 bits per heavy atom. The van der Waals surface area contributed by atoms with E-state index < -0.39 is 41.6 Å². The van der Waals surface area contributed by atoms with Crippen molar-refractivity contribution in [1.29, 1.82) is 5.26 Å². The number of hydrogen-bond acceptors (Lipinski definition) is 3. The van der Waals surface area contributed by atoms with E-state index in [1.807, 2.05) is 0 Å². The highest BCUT2D eigenvalue weighted by molar-refractivity contribution is 5.69. The molecule has 7 heteroatoms. The molecule has 0 unspecified atom stereocenters. The van der Waals surface area contributed by atoms with Crippen molar-refractivity contribution < 1.29 is 23.1 Å². The lowest BCUT2D eigenvalue weighted by atomic mass is 10.1. The molecule has 0 saturated carbocycles. The van der Waals surface area contributed by atoms with E-state index in [9.17, 15) is 18.0 Å². The Morgan fingerprint density at radius 3 is 2.69 bits per heavy atom. The van der Waals surface area contributed by atoms with Gasteiger partial charge < -0.3 is 5.11 Å². The number of nitrogens with zero attached hydrogens (tertiary/aromatic N) is 2. The van der Waals surface area contributed by atoms with E-state index in [0.29, 0.717) is 6.07 Å². The lowest BCUT2D eigenvalue weighted by Crippen LogP contribution is -2.08. The molecule has 0 aliphatic carbocycles. The molecule has 0 amide bonds. The van der Waals surface area contributed by atoms with Crippen LogP contribution in [0, 0.1) is 17.1 Å². The van der Waals surface area contributed by atoms with E-state index in [1.165, 1.54) is 6.07 Å². The minimum Gasteiger partial charge on any atom is -0.481 e. The van der Waals surface area contributed by atoms with Crippen molar-refractivity contribution >= 4 is 5.97 Å². The number of aromatic nitrogens is 1. The predicted octanol–water partition coefficient (Wildman–Crippen LogP) is 1.66. The number of alkyl halides is 2. The number of carbonyl (C=O) groups is 1. The summed E-state index contributed by atoms with van der Waals surface area (Å²) in [7, 11) is 0. The van der Waals surface area contributed by atoms with E-state index >= 15 is 0 Å². The van der Waals surface area contributed by atoms with Gasteiger partial charge in [0, 0.05) is 0 Å². The number of nitriles is 1. The largest absolute Gasteiger partial charge is 0.481 e. The van der Waals surface area contributed by atoms with Crippen molar-refractivity contribution in [3.63, 3.8) is 0 Å². The molecule has 0 aliphatic rings. The number of aliphatic carboxylic acids is 1. The van der Waals surface area contributed by atoms with Crippen LogP contribution in [-0.2, 0) is 11.2 Å². The van der Waals surface area contributed by atoms with Gasteiger partial charge in [0.15, 0.2) is 0 Å². The van der Waals surface area contributed by atoms with Gasteiger partial charge in [0.25, 0.3) is 6.43 Å². The maximum absolute atomic E-state index is 13.1. The SMILES string of the molecule is N#Cc1nc(CC(=O)O)c(F)cc1C(F)F. The molecule has 0 saturated heterocycles. The van der Waals surface area contributed by atoms with Crippen LogP contribution in [0.15, 0.2) is 6.07 Å². The summed E-state index contributed by atoms with van der Waals surface area (Å²) in [6.07, 6.45) is -3.79. The average Bonchev–Trinajstić information content (AvgIpc) is 2.19. The molecule has 1 aromatic heterocycles. The maximum Gasteiger partial charge on any atom is 0.309 e. The zero-order valence-corrected chi connectivity index (χ0v) is 7.75. The first-order chi connectivity index (χ1) is 7.45. The second kappa shape index (κ2) is 4.61. The van der Waals surface area contributed by atoms with Crippen molar-refractivity contribution in [3.05, 3.63) is 28.8 Å². The van der Waals surface area contributed by atoms with Crippen LogP contribution < -0.4 is 0 Å². The van der Waals surface area contributed by atoms with E-state index in [1.54, 1.807) is 0 Å². The summed E-state index contributed by atoms with van der Waals surface area (Å²) in [5.41, 5.74) is -2.03. The lowest BCUT2D eigenvalue weighted by Gasteiger charge is -2.05. The summed E-state index contributed by atoms with van der Waals surface area (Å²) in [6, 6.07) is 1.81. The van der Waals surface area contributed by atoms with Crippen molar-refractivity contribution in [2.45, 2.75) is 12.8 Å². The molecule has 1 N–H and O–H groups in total. The van der Waals surface area contributed by atoms with Crippen LogP contribution in [-0.4, -0.2) is 16.1 Å². The number of hydrogen-bond donors (Lipinski definition) is 1. The first-order valence-corrected chi connectivity index (χ1v) is 4.05. The minimum absolute atomic E-state index is 0.439. The summed E-state index contributed by atoms with van der Waals surface area (Å²) in [5.74, 6) is -2.52. The Labute approximate surface area is 88.0 Å². The van der Waals surface area contributed by atoms with Gasteiger partial charge in [0.2, 0.25) is 0 Å². The molecule has 4 nitrogen and oxygen atoms in total. The van der Waals surface area contributed by atoms with Crippen molar-refractivity contribution in [3.8, 4) is 6.07 Å². The van der Waals surface area contributed by atoms with Gasteiger partial charge in [0.1, 0.15) is 17.6 Å². The van der Waals surface area contributed by atoms with Gasteiger partial charge >= 0.3 is 5.97 Å². The van der Waals surface area contributed by atoms with Gasteiger partial charge in [-0.25, -0.2) is 18.2 Å². The van der Waals surface area contributed by atoms with Gasteiger partial charge in [-0.1, -0.05) is 0 Å². The summed E-state index contributed by atoms with van der Waals surface area (Å²) >= 11 is 0. The molecule has 0 atom stereocenters. The van der Waals surface area contributed by atoms with Crippen LogP contribution >= 0.6 is 0 Å². The highest BCUT2D eigenvalue weighted by Gasteiger charge is 2.19. The van der Waals surface area contributed by atoms with Gasteiger partial charge in [-0.15, -0.1) is 0 Å². The molecule has 0 aromatic carbocycles. The topological polar surface area (TPSA) is 74.0 Å². The molecule has 1 heterocycles. The Hall–Kier alpha value is -2.10. The van der Waals surface area contributed by atoms with Crippen LogP contribution in [0.5, 0.6) is 0 Å². The highest BCUT2D eigenvalue weighted by Crippen LogP contribution is 2.23. The van der Waals surface area contributed by atoms with Crippen molar-refractivity contribution in [1.82, 2.24) is 4.98 Å². The van der Waals surface area contributed by atoms with Crippen LogP contribution in [0.4, 0.5) is 13.2 Å². The van der Waals surface area contributed by atoms with Crippen LogP contribution in [0.25, 0.3) is 0 Å². The van der Waals surface area contributed by atoms with Crippen LogP contribution in [0.2, 0.25) is 0 Å². The Kier molecular flexibility index (Phi) is 3.45. The molecule has 84 valence electrons. The summed E-state index contributed by atoms with van der Waals surface area (Å²) in [6.45, 7) is 0. The smallest absolute Gasteiger partial charge is 0.309 e. The average molecular weight is 230 g/mol. The number of halogens is 3. The van der Waals surface area contributed by atoms with Gasteiger partial charge in [0.05, 0.1) is 17.7 Å². The van der Waals surface area contributed by atoms with Gasteiger partial charge in [-0.2, -0.15) is 5.26 Å². The molecular formula is C9H5F3N2O2. The standard InChI is InChI=1S/C9H5F3N2O2/c10-5-1-4(9(11)12)7(3-13)14-6(5)2-8(15)16/h1,9H,2H2,(H,15,16). The summed E-state index contributed by atoms with van der Waals surface area (Å²) < 4.78 is 37.7. The Bertz CT molecular complexity index is 469. The molecule has 1 rings (SSSR count). The van der Waals surface area contributed by atoms with E-state index in [2.05, 4.69) is 4.98 Å². The number of carboxylic acids is 1. The van der Waals surface area contributed by atoms with E-state index in [4.69, 9.17) is 10.4 Å². The molecule has 16 heavy (non-hydrogen) atoms. The molecule has 1 aromatic rings. The third kappa shape index (κ3) is 2.48. The first kappa shape index (κ1) is 12.0. The number of rotatable bonds is 3. The Morgan fingerprint density at radius 1 is 1.62 bits per heavy atom. The molecule has 0 spiro atoms. The molecular weight excluding hydrogens is 225 g/mol. The maximum atomic E-state index is 13.1. The fourth-order valence-corrected chi connectivity index (χ4v) is 1.06. The normalized spacial score (nSPS) is 10.2. The third-order valence-electron chi connectivity index (χ3n) is 1.74. The second-order valence-corrected chi connectivity index (χ2v) is 2.84. The molecule has 0 radical (unpaired) electrons. The third-order valence-corrected chi connectivity index (χ3v) is 1.74. The first-order valence-electron chi connectivity index (χ1n) is 4.05. The predicted molar refractivity (Wildman–Crippen MR) is 45.2 cm³/mol. The molecule has 0 fully saturated rings. The Balaban J connectivity index is 3.27. The fraction of sp³-hybridized carbons (Fsp3) is 0.222. The zero-order valence-electron chi connectivity index (χ0n) is 7.75.